The molecule has 11 heavy (non-hydrogen) atoms. The molecule has 0 N–H and O–H groups in total. The topological polar surface area (TPSA) is 26.0 Å². The number of hydrogen-bond donors (Lipinski definition) is 0. The predicted molar refractivity (Wildman–Crippen MR) is 43.2 cm³/mol. The van der Waals surface area contributed by atoms with Crippen molar-refractivity contribution in [3.8, 4) is 0 Å². The van der Waals surface area contributed by atoms with Gasteiger partial charge in [-0.3, -0.25) is 0 Å². The normalized spacial score (nSPS) is 16.0. The number of nitrogens with zero attached hydrogens (tertiary/aromatic N) is 1. The highest BCUT2D eigenvalue weighted by molar-refractivity contribution is 5.35. The Labute approximate surface area is 65.9 Å². The molecule has 0 bridgehead atoms. The van der Waals surface area contributed by atoms with E-state index < -0.39 is 0 Å². The van der Waals surface area contributed by atoms with Crippen molar-refractivity contribution >= 4 is 6.08 Å². The quantitative estimate of drug-likeness (QED) is 0.611. The summed E-state index contributed by atoms with van der Waals surface area (Å²) in [5.74, 6) is 1.75. The first-order valence-electron chi connectivity index (χ1n) is 4.01. The molecule has 1 aliphatic rings. The second-order valence-electron chi connectivity index (χ2n) is 2.83. The SMILES string of the molecule is C=Cc1nc2c(o1)CCCC2. The maximum atomic E-state index is 5.43. The molecule has 1 heterocycles. The molecule has 0 saturated carbocycles. The number of fused-ring (bicyclic) bond motifs is 1. The minimum Gasteiger partial charge on any atom is -0.442 e. The van der Waals surface area contributed by atoms with Crippen LogP contribution in [0.15, 0.2) is 11.0 Å². The van der Waals surface area contributed by atoms with Crippen LogP contribution >= 0.6 is 0 Å². The van der Waals surface area contributed by atoms with Crippen LogP contribution in [-0.4, -0.2) is 4.98 Å². The van der Waals surface area contributed by atoms with Crippen LogP contribution in [0, 0.1) is 0 Å². The minimum atomic E-state index is 0.678. The van der Waals surface area contributed by atoms with Gasteiger partial charge in [0.15, 0.2) is 0 Å². The summed E-state index contributed by atoms with van der Waals surface area (Å²) in [6.07, 6.45) is 6.27. The average Bonchev–Trinajstić information content (AvgIpc) is 2.46. The molecular weight excluding hydrogens is 138 g/mol. The molecular formula is C9H11NO. The molecule has 58 valence electrons. The molecule has 0 aromatic carbocycles. The highest BCUT2D eigenvalue weighted by Gasteiger charge is 2.14. The summed E-state index contributed by atoms with van der Waals surface area (Å²) >= 11 is 0. The first-order chi connectivity index (χ1) is 5.40. The van der Waals surface area contributed by atoms with Crippen LogP contribution < -0.4 is 0 Å². The van der Waals surface area contributed by atoms with Crippen molar-refractivity contribution in [1.29, 1.82) is 0 Å². The maximum absolute atomic E-state index is 5.43. The lowest BCUT2D eigenvalue weighted by molar-refractivity contribution is 0.470. The van der Waals surface area contributed by atoms with Gasteiger partial charge in [0, 0.05) is 6.42 Å². The Hall–Kier alpha value is -1.05. The summed E-state index contributed by atoms with van der Waals surface area (Å²) in [5.41, 5.74) is 1.14. The summed E-state index contributed by atoms with van der Waals surface area (Å²) in [6.45, 7) is 3.62. The van der Waals surface area contributed by atoms with Crippen molar-refractivity contribution < 1.29 is 4.42 Å². The van der Waals surface area contributed by atoms with Gasteiger partial charge in [0.1, 0.15) is 5.76 Å². The van der Waals surface area contributed by atoms with E-state index in [0.29, 0.717) is 5.89 Å². The number of rotatable bonds is 1. The smallest absolute Gasteiger partial charge is 0.218 e. The van der Waals surface area contributed by atoms with Gasteiger partial charge >= 0.3 is 0 Å². The third-order valence-corrected chi connectivity index (χ3v) is 2.04. The van der Waals surface area contributed by atoms with E-state index in [-0.39, 0.29) is 0 Å². The molecule has 1 aliphatic carbocycles. The lowest BCUT2D eigenvalue weighted by Gasteiger charge is -2.05. The monoisotopic (exact) mass is 149 g/mol. The molecule has 2 nitrogen and oxygen atoms in total. The molecule has 2 rings (SSSR count). The third-order valence-electron chi connectivity index (χ3n) is 2.04. The molecule has 0 saturated heterocycles. The van der Waals surface area contributed by atoms with Crippen molar-refractivity contribution in [2.24, 2.45) is 0 Å². The highest BCUT2D eigenvalue weighted by Crippen LogP contribution is 2.21. The molecule has 0 spiro atoms. The molecule has 0 aliphatic heterocycles. The van der Waals surface area contributed by atoms with Crippen LogP contribution in [0.4, 0.5) is 0 Å². The Morgan fingerprint density at radius 2 is 2.18 bits per heavy atom. The summed E-state index contributed by atoms with van der Waals surface area (Å²) in [6, 6.07) is 0. The van der Waals surface area contributed by atoms with Crippen LogP contribution in [0.25, 0.3) is 6.08 Å². The number of aryl methyl sites for hydroxylation is 2. The van der Waals surface area contributed by atoms with Gasteiger partial charge in [-0.05, 0) is 25.3 Å². The van der Waals surface area contributed by atoms with E-state index in [0.717, 1.165) is 24.3 Å². The molecule has 0 radical (unpaired) electrons. The van der Waals surface area contributed by atoms with E-state index in [4.69, 9.17) is 4.42 Å². The van der Waals surface area contributed by atoms with Crippen molar-refractivity contribution in [2.75, 3.05) is 0 Å². The minimum absolute atomic E-state index is 0.678. The fourth-order valence-corrected chi connectivity index (χ4v) is 1.46. The van der Waals surface area contributed by atoms with Crippen LogP contribution in [-0.2, 0) is 12.8 Å². The molecule has 0 atom stereocenters. The molecule has 1 aromatic heterocycles. The number of oxazole rings is 1. The molecule has 0 amide bonds. The standard InChI is InChI=1S/C9H11NO/c1-2-9-10-7-5-3-4-6-8(7)11-9/h2H,1,3-6H2. The molecule has 2 heteroatoms. The fourth-order valence-electron chi connectivity index (χ4n) is 1.46. The van der Waals surface area contributed by atoms with Gasteiger partial charge in [0.2, 0.25) is 5.89 Å². The second-order valence-corrected chi connectivity index (χ2v) is 2.83. The van der Waals surface area contributed by atoms with Crippen molar-refractivity contribution in [2.45, 2.75) is 25.7 Å². The van der Waals surface area contributed by atoms with Crippen molar-refractivity contribution in [3.63, 3.8) is 0 Å². The largest absolute Gasteiger partial charge is 0.442 e. The van der Waals surface area contributed by atoms with Gasteiger partial charge in [-0.1, -0.05) is 6.58 Å². The predicted octanol–water partition coefficient (Wildman–Crippen LogP) is 2.20. The third kappa shape index (κ3) is 1.09. The molecule has 0 unspecified atom stereocenters. The number of hydrogen-bond acceptors (Lipinski definition) is 2. The molecule has 1 aromatic rings. The van der Waals surface area contributed by atoms with E-state index in [1.165, 1.54) is 12.8 Å². The first-order valence-corrected chi connectivity index (χ1v) is 4.01. The summed E-state index contributed by atoms with van der Waals surface area (Å²) in [7, 11) is 0. The van der Waals surface area contributed by atoms with Crippen LogP contribution in [0.5, 0.6) is 0 Å². The van der Waals surface area contributed by atoms with Gasteiger partial charge in [-0.2, -0.15) is 0 Å². The summed E-state index contributed by atoms with van der Waals surface area (Å²) < 4.78 is 5.43. The van der Waals surface area contributed by atoms with E-state index >= 15 is 0 Å². The zero-order chi connectivity index (χ0) is 7.68. The Bertz CT molecular complexity index is 252. The van der Waals surface area contributed by atoms with Crippen LogP contribution in [0.1, 0.15) is 30.2 Å². The van der Waals surface area contributed by atoms with Crippen molar-refractivity contribution in [1.82, 2.24) is 4.98 Å². The average molecular weight is 149 g/mol. The van der Waals surface area contributed by atoms with Gasteiger partial charge < -0.3 is 4.42 Å². The summed E-state index contributed by atoms with van der Waals surface area (Å²) in [4.78, 5) is 4.28. The van der Waals surface area contributed by atoms with E-state index in [9.17, 15) is 0 Å². The van der Waals surface area contributed by atoms with Crippen LogP contribution in [0.2, 0.25) is 0 Å². The number of aromatic nitrogens is 1. The zero-order valence-corrected chi connectivity index (χ0v) is 6.47. The van der Waals surface area contributed by atoms with Crippen LogP contribution in [0.3, 0.4) is 0 Å². The van der Waals surface area contributed by atoms with E-state index in [2.05, 4.69) is 11.6 Å². The fraction of sp³-hybridized carbons (Fsp3) is 0.444. The Morgan fingerprint density at radius 3 is 2.91 bits per heavy atom. The lowest BCUT2D eigenvalue weighted by Crippen LogP contribution is -1.99. The Morgan fingerprint density at radius 1 is 1.36 bits per heavy atom. The summed E-state index contributed by atoms with van der Waals surface area (Å²) in [5, 5.41) is 0. The second kappa shape index (κ2) is 2.53. The van der Waals surface area contributed by atoms with Gasteiger partial charge in [0.05, 0.1) is 5.69 Å². The molecule has 0 fully saturated rings. The Kier molecular flexibility index (Phi) is 1.53. The zero-order valence-electron chi connectivity index (χ0n) is 6.47. The van der Waals surface area contributed by atoms with E-state index in [1.807, 2.05) is 0 Å². The first kappa shape index (κ1) is 6.65. The van der Waals surface area contributed by atoms with Crippen molar-refractivity contribution in [3.05, 3.63) is 23.9 Å². The maximum Gasteiger partial charge on any atom is 0.218 e. The van der Waals surface area contributed by atoms with Gasteiger partial charge in [-0.25, -0.2) is 4.98 Å². The van der Waals surface area contributed by atoms with Gasteiger partial charge in [-0.15, -0.1) is 0 Å². The Balaban J connectivity index is 2.39. The highest BCUT2D eigenvalue weighted by atomic mass is 16.4. The lowest BCUT2D eigenvalue weighted by atomic mass is 10.0. The van der Waals surface area contributed by atoms with E-state index in [1.54, 1.807) is 6.08 Å². The van der Waals surface area contributed by atoms with Gasteiger partial charge in [0.25, 0.3) is 0 Å².